The number of nitrogens with zero attached hydrogens (tertiary/aromatic N) is 1. The van der Waals surface area contributed by atoms with Crippen molar-refractivity contribution in [1.82, 2.24) is 0 Å². The van der Waals surface area contributed by atoms with Crippen LogP contribution < -0.4 is 9.64 Å². The Morgan fingerprint density at radius 1 is 1.05 bits per heavy atom. The van der Waals surface area contributed by atoms with Crippen LogP contribution in [0.1, 0.15) is 15.9 Å². The van der Waals surface area contributed by atoms with E-state index in [-0.39, 0.29) is 11.5 Å². The average molecular weight is 307 g/mol. The predicted molar refractivity (Wildman–Crippen MR) is 75.1 cm³/mol. The van der Waals surface area contributed by atoms with Crippen LogP contribution in [0.5, 0.6) is 5.75 Å². The van der Waals surface area contributed by atoms with Crippen LogP contribution in [0.15, 0.2) is 48.5 Å². The Morgan fingerprint density at radius 2 is 1.73 bits per heavy atom. The van der Waals surface area contributed by atoms with Gasteiger partial charge in [-0.1, -0.05) is 12.1 Å². The van der Waals surface area contributed by atoms with Gasteiger partial charge in [0.1, 0.15) is 12.4 Å². The van der Waals surface area contributed by atoms with Crippen LogP contribution in [-0.4, -0.2) is 19.1 Å². The molecule has 0 atom stereocenters. The Hall–Kier alpha value is -2.50. The molecule has 1 aliphatic rings. The highest BCUT2D eigenvalue weighted by atomic mass is 19.4. The summed E-state index contributed by atoms with van der Waals surface area (Å²) in [5.41, 5.74) is 0.0646. The molecular formula is C16H12F3NO2. The summed E-state index contributed by atoms with van der Waals surface area (Å²) >= 11 is 0. The zero-order valence-electron chi connectivity index (χ0n) is 11.4. The molecule has 1 heterocycles. The van der Waals surface area contributed by atoms with Crippen LogP contribution in [0.4, 0.5) is 18.9 Å². The van der Waals surface area contributed by atoms with E-state index in [2.05, 4.69) is 0 Å². The summed E-state index contributed by atoms with van der Waals surface area (Å²) in [6.45, 7) is 0.709. The minimum Gasteiger partial charge on any atom is -0.490 e. The number of carbonyl (C=O) groups excluding carboxylic acids is 1. The van der Waals surface area contributed by atoms with E-state index in [0.717, 1.165) is 12.1 Å². The maximum Gasteiger partial charge on any atom is 0.416 e. The molecule has 3 rings (SSSR count). The summed E-state index contributed by atoms with van der Waals surface area (Å²) in [5, 5.41) is 0. The van der Waals surface area contributed by atoms with Gasteiger partial charge >= 0.3 is 6.18 Å². The highest BCUT2D eigenvalue weighted by molar-refractivity contribution is 6.07. The Morgan fingerprint density at radius 3 is 2.41 bits per heavy atom. The number of para-hydroxylation sites is 2. The smallest absolute Gasteiger partial charge is 0.416 e. The first-order valence-corrected chi connectivity index (χ1v) is 6.68. The van der Waals surface area contributed by atoms with Crippen molar-refractivity contribution in [3.63, 3.8) is 0 Å². The first-order valence-electron chi connectivity index (χ1n) is 6.68. The highest BCUT2D eigenvalue weighted by Crippen LogP contribution is 2.33. The van der Waals surface area contributed by atoms with E-state index in [1.165, 1.54) is 17.0 Å². The molecule has 22 heavy (non-hydrogen) atoms. The zero-order chi connectivity index (χ0) is 15.7. The van der Waals surface area contributed by atoms with E-state index in [9.17, 15) is 18.0 Å². The van der Waals surface area contributed by atoms with E-state index < -0.39 is 11.7 Å². The number of halogens is 3. The number of hydrogen-bond acceptors (Lipinski definition) is 2. The maximum atomic E-state index is 12.6. The van der Waals surface area contributed by atoms with E-state index in [4.69, 9.17) is 4.74 Å². The molecule has 0 aliphatic carbocycles. The van der Waals surface area contributed by atoms with Crippen LogP contribution in [0.2, 0.25) is 0 Å². The molecule has 0 saturated heterocycles. The van der Waals surface area contributed by atoms with Gasteiger partial charge in [-0.05, 0) is 36.4 Å². The number of alkyl halides is 3. The first-order chi connectivity index (χ1) is 10.5. The van der Waals surface area contributed by atoms with Gasteiger partial charge in [0.2, 0.25) is 0 Å². The molecule has 1 aliphatic heterocycles. The van der Waals surface area contributed by atoms with Gasteiger partial charge in [-0.15, -0.1) is 0 Å². The maximum absolute atomic E-state index is 12.6. The van der Waals surface area contributed by atoms with Gasteiger partial charge < -0.3 is 9.64 Å². The molecule has 0 radical (unpaired) electrons. The Labute approximate surface area is 124 Å². The largest absolute Gasteiger partial charge is 0.490 e. The summed E-state index contributed by atoms with van der Waals surface area (Å²) in [7, 11) is 0. The van der Waals surface area contributed by atoms with Gasteiger partial charge in [-0.25, -0.2) is 0 Å². The first kappa shape index (κ1) is 14.4. The van der Waals surface area contributed by atoms with Crippen molar-refractivity contribution in [2.24, 2.45) is 0 Å². The molecule has 0 unspecified atom stereocenters. The van der Waals surface area contributed by atoms with Gasteiger partial charge in [0.05, 0.1) is 17.8 Å². The fraction of sp³-hybridized carbons (Fsp3) is 0.188. The van der Waals surface area contributed by atoms with Crippen molar-refractivity contribution < 1.29 is 22.7 Å². The standard InChI is InChI=1S/C16H12F3NO2/c17-16(18,19)12-7-5-11(6-8-12)15(21)20-9-10-22-14-4-2-1-3-13(14)20/h1-8H,9-10H2. The number of carbonyl (C=O) groups is 1. The molecule has 114 valence electrons. The summed E-state index contributed by atoms with van der Waals surface area (Å²) < 4.78 is 43.1. The second-order valence-electron chi connectivity index (χ2n) is 4.85. The zero-order valence-corrected chi connectivity index (χ0v) is 11.4. The average Bonchev–Trinajstić information content (AvgIpc) is 2.53. The van der Waals surface area contributed by atoms with E-state index in [1.807, 2.05) is 0 Å². The second kappa shape index (κ2) is 5.36. The number of fused-ring (bicyclic) bond motifs is 1. The van der Waals surface area contributed by atoms with Crippen molar-refractivity contribution in [3.05, 3.63) is 59.7 Å². The number of rotatable bonds is 1. The lowest BCUT2D eigenvalue weighted by molar-refractivity contribution is -0.137. The molecule has 0 spiro atoms. The summed E-state index contributed by atoms with van der Waals surface area (Å²) in [6, 6.07) is 11.3. The molecule has 2 aromatic carbocycles. The minimum absolute atomic E-state index is 0.213. The lowest BCUT2D eigenvalue weighted by Crippen LogP contribution is -2.37. The van der Waals surface area contributed by atoms with Crippen molar-refractivity contribution in [1.29, 1.82) is 0 Å². The highest BCUT2D eigenvalue weighted by Gasteiger charge is 2.31. The van der Waals surface area contributed by atoms with Gasteiger partial charge in [-0.2, -0.15) is 13.2 Å². The number of ether oxygens (including phenoxy) is 1. The lowest BCUT2D eigenvalue weighted by atomic mass is 10.1. The predicted octanol–water partition coefficient (Wildman–Crippen LogP) is 3.74. The quantitative estimate of drug-likeness (QED) is 0.803. The number of hydrogen-bond donors (Lipinski definition) is 0. The van der Waals surface area contributed by atoms with Gasteiger partial charge in [0.25, 0.3) is 5.91 Å². The second-order valence-corrected chi connectivity index (χ2v) is 4.85. The molecular weight excluding hydrogens is 295 g/mol. The van der Waals surface area contributed by atoms with E-state index >= 15 is 0 Å². The molecule has 6 heteroatoms. The topological polar surface area (TPSA) is 29.5 Å². The van der Waals surface area contributed by atoms with Crippen molar-refractivity contribution >= 4 is 11.6 Å². The third kappa shape index (κ3) is 2.64. The fourth-order valence-electron chi connectivity index (χ4n) is 2.34. The monoisotopic (exact) mass is 307 g/mol. The molecule has 0 bridgehead atoms. The SMILES string of the molecule is O=C(c1ccc(C(F)(F)F)cc1)N1CCOc2ccccc21. The van der Waals surface area contributed by atoms with Crippen LogP contribution in [0.25, 0.3) is 0 Å². The normalized spacial score (nSPS) is 14.2. The Bertz CT molecular complexity index is 695. The number of amides is 1. The number of anilines is 1. The molecule has 1 amide bonds. The summed E-state index contributed by atoms with van der Waals surface area (Å²) in [6.07, 6.45) is -4.41. The van der Waals surface area contributed by atoms with Crippen LogP contribution in [0, 0.1) is 0 Å². The lowest BCUT2D eigenvalue weighted by Gasteiger charge is -2.29. The van der Waals surface area contributed by atoms with Gasteiger partial charge in [-0.3, -0.25) is 4.79 Å². The van der Waals surface area contributed by atoms with Crippen molar-refractivity contribution in [3.8, 4) is 5.75 Å². The molecule has 3 nitrogen and oxygen atoms in total. The van der Waals surface area contributed by atoms with Crippen LogP contribution in [0.3, 0.4) is 0 Å². The Balaban J connectivity index is 1.89. The molecule has 0 aromatic heterocycles. The third-order valence-electron chi connectivity index (χ3n) is 3.43. The molecule has 0 N–H and O–H groups in total. The Kier molecular flexibility index (Phi) is 3.52. The van der Waals surface area contributed by atoms with E-state index in [1.54, 1.807) is 24.3 Å². The van der Waals surface area contributed by atoms with Crippen LogP contribution in [-0.2, 0) is 6.18 Å². The molecule has 0 saturated carbocycles. The van der Waals surface area contributed by atoms with Crippen molar-refractivity contribution in [2.75, 3.05) is 18.1 Å². The summed E-state index contributed by atoms with van der Waals surface area (Å²) in [4.78, 5) is 14.0. The minimum atomic E-state index is -4.41. The van der Waals surface area contributed by atoms with Gasteiger partial charge in [0.15, 0.2) is 0 Å². The molecule has 2 aromatic rings. The van der Waals surface area contributed by atoms with Gasteiger partial charge in [0, 0.05) is 5.56 Å². The number of benzene rings is 2. The summed E-state index contributed by atoms with van der Waals surface area (Å²) in [5.74, 6) is 0.249. The fourth-order valence-corrected chi connectivity index (χ4v) is 2.34. The third-order valence-corrected chi connectivity index (χ3v) is 3.43. The van der Waals surface area contributed by atoms with Crippen LogP contribution >= 0.6 is 0 Å². The van der Waals surface area contributed by atoms with Crippen molar-refractivity contribution in [2.45, 2.75) is 6.18 Å². The molecule has 0 fully saturated rings. The van der Waals surface area contributed by atoms with E-state index in [0.29, 0.717) is 24.6 Å².